The van der Waals surface area contributed by atoms with E-state index < -0.39 is 21.7 Å². The van der Waals surface area contributed by atoms with Crippen LogP contribution in [0, 0.1) is 0 Å². The Kier molecular flexibility index (Phi) is 6.64. The molecule has 1 saturated carbocycles. The lowest BCUT2D eigenvalue weighted by molar-refractivity contribution is 0.0547. The van der Waals surface area contributed by atoms with E-state index in [0.29, 0.717) is 17.3 Å². The number of rotatable bonds is 7. The Morgan fingerprint density at radius 1 is 1.23 bits per heavy atom. The molecule has 3 aromatic rings. The van der Waals surface area contributed by atoms with Gasteiger partial charge in [0.05, 0.1) is 16.9 Å². The summed E-state index contributed by atoms with van der Waals surface area (Å²) < 4.78 is 34.9. The third kappa shape index (κ3) is 5.18. The van der Waals surface area contributed by atoms with Crippen molar-refractivity contribution < 1.29 is 17.9 Å². The van der Waals surface area contributed by atoms with Crippen molar-refractivity contribution in [1.29, 1.82) is 0 Å². The molecule has 0 aliphatic heterocycles. The van der Waals surface area contributed by atoms with Crippen LogP contribution in [0.2, 0.25) is 0 Å². The normalized spacial score (nSPS) is 14.6. The summed E-state index contributed by atoms with van der Waals surface area (Å²) in [6, 6.07) is 11.0. The number of sulfonamides is 1. The van der Waals surface area contributed by atoms with E-state index >= 15 is 0 Å². The standard InChI is InChI=1S/C27H33N3O4S/c1-7-14-29(18(2)3)35(32,33)22-12-13-23(28-17-22)25-16-21-11-10-20(19-8-9-19)15-24(21)30(25)26(31)34-27(4,5)6/h7,10-13,15-19H,1,8-9,14H2,2-6H3. The van der Waals surface area contributed by atoms with Gasteiger partial charge in [0.25, 0.3) is 0 Å². The number of hydrogen-bond acceptors (Lipinski definition) is 5. The number of ether oxygens (including phenoxy) is 1. The van der Waals surface area contributed by atoms with Crippen molar-refractivity contribution in [2.45, 2.75) is 69.9 Å². The molecule has 1 aliphatic rings. The third-order valence-corrected chi connectivity index (χ3v) is 7.97. The van der Waals surface area contributed by atoms with Crippen molar-refractivity contribution in [3.63, 3.8) is 0 Å². The SMILES string of the molecule is C=CCN(C(C)C)S(=O)(=O)c1ccc(-c2cc3ccc(C4CC4)cc3n2C(=O)OC(C)(C)C)nc1. The minimum absolute atomic E-state index is 0.0905. The van der Waals surface area contributed by atoms with E-state index in [1.165, 1.54) is 22.1 Å². The molecule has 2 aromatic heterocycles. The fraction of sp³-hybridized carbons (Fsp3) is 0.407. The van der Waals surface area contributed by atoms with Crippen molar-refractivity contribution in [3.8, 4) is 11.4 Å². The molecule has 0 radical (unpaired) electrons. The molecule has 0 bridgehead atoms. The Morgan fingerprint density at radius 3 is 2.49 bits per heavy atom. The zero-order chi connectivity index (χ0) is 25.5. The highest BCUT2D eigenvalue weighted by Crippen LogP contribution is 2.41. The molecule has 0 atom stereocenters. The largest absolute Gasteiger partial charge is 0.443 e. The predicted octanol–water partition coefficient (Wildman–Crippen LogP) is 5.95. The predicted molar refractivity (Wildman–Crippen MR) is 138 cm³/mol. The highest BCUT2D eigenvalue weighted by Gasteiger charge is 2.29. The average molecular weight is 496 g/mol. The van der Waals surface area contributed by atoms with Crippen LogP contribution in [0.25, 0.3) is 22.3 Å². The topological polar surface area (TPSA) is 81.5 Å². The van der Waals surface area contributed by atoms with Crippen molar-refractivity contribution in [3.05, 3.63) is 60.8 Å². The highest BCUT2D eigenvalue weighted by atomic mass is 32.2. The Morgan fingerprint density at radius 2 is 1.94 bits per heavy atom. The maximum Gasteiger partial charge on any atom is 0.419 e. The minimum Gasteiger partial charge on any atom is -0.443 e. The van der Waals surface area contributed by atoms with Crippen LogP contribution in [-0.2, 0) is 14.8 Å². The van der Waals surface area contributed by atoms with E-state index in [0.717, 1.165) is 23.7 Å². The summed E-state index contributed by atoms with van der Waals surface area (Å²) in [7, 11) is -3.74. The first-order valence-corrected chi connectivity index (χ1v) is 13.3. The van der Waals surface area contributed by atoms with E-state index in [2.05, 4.69) is 23.7 Å². The van der Waals surface area contributed by atoms with Crippen LogP contribution in [0.5, 0.6) is 0 Å². The summed E-state index contributed by atoms with van der Waals surface area (Å²) in [5.74, 6) is 0.534. The molecular formula is C27H33N3O4S. The van der Waals surface area contributed by atoms with Crippen LogP contribution in [-0.4, -0.2) is 46.6 Å². The number of benzene rings is 1. The van der Waals surface area contributed by atoms with Crippen molar-refractivity contribution in [1.82, 2.24) is 13.9 Å². The van der Waals surface area contributed by atoms with Crippen molar-refractivity contribution in [2.24, 2.45) is 0 Å². The van der Waals surface area contributed by atoms with Crippen LogP contribution in [0.15, 0.2) is 60.1 Å². The molecule has 1 fully saturated rings. The first kappa shape index (κ1) is 25.1. The summed E-state index contributed by atoms with van der Waals surface area (Å²) in [5, 5.41) is 0.894. The van der Waals surface area contributed by atoms with E-state index in [-0.39, 0.29) is 17.5 Å². The number of pyridine rings is 1. The fourth-order valence-corrected chi connectivity index (χ4v) is 5.67. The number of aromatic nitrogens is 2. The fourth-order valence-electron chi connectivity index (χ4n) is 4.11. The second-order valence-corrected chi connectivity index (χ2v) is 12.2. The van der Waals surface area contributed by atoms with Gasteiger partial charge < -0.3 is 4.74 Å². The van der Waals surface area contributed by atoms with Crippen LogP contribution < -0.4 is 0 Å². The Labute approximate surface area is 207 Å². The molecule has 1 aromatic carbocycles. The molecule has 0 spiro atoms. The quantitative estimate of drug-likeness (QED) is 0.378. The maximum absolute atomic E-state index is 13.3. The monoisotopic (exact) mass is 495 g/mol. The van der Waals surface area contributed by atoms with Crippen LogP contribution in [0.4, 0.5) is 4.79 Å². The second kappa shape index (κ2) is 9.24. The van der Waals surface area contributed by atoms with Crippen LogP contribution in [0.3, 0.4) is 0 Å². The van der Waals surface area contributed by atoms with Crippen LogP contribution in [0.1, 0.15) is 58.9 Å². The zero-order valence-corrected chi connectivity index (χ0v) is 21.8. The molecule has 0 amide bonds. The number of fused-ring (bicyclic) bond motifs is 1. The van der Waals surface area contributed by atoms with Gasteiger partial charge in [-0.3, -0.25) is 4.98 Å². The molecule has 186 valence electrons. The van der Waals surface area contributed by atoms with Gasteiger partial charge in [-0.1, -0.05) is 18.2 Å². The van der Waals surface area contributed by atoms with E-state index in [1.54, 1.807) is 16.7 Å². The lowest BCUT2D eigenvalue weighted by Gasteiger charge is -2.24. The van der Waals surface area contributed by atoms with Gasteiger partial charge in [-0.05, 0) is 83.2 Å². The van der Waals surface area contributed by atoms with Gasteiger partial charge in [0.2, 0.25) is 10.0 Å². The second-order valence-electron chi connectivity index (χ2n) is 10.3. The Balaban J connectivity index is 1.79. The van der Waals surface area contributed by atoms with Crippen LogP contribution >= 0.6 is 0 Å². The summed E-state index contributed by atoms with van der Waals surface area (Å²) in [6.45, 7) is 13.0. The number of carbonyl (C=O) groups is 1. The third-order valence-electron chi connectivity index (χ3n) is 5.94. The number of hydrogen-bond donors (Lipinski definition) is 0. The first-order chi connectivity index (χ1) is 16.4. The highest BCUT2D eigenvalue weighted by molar-refractivity contribution is 7.89. The van der Waals surface area contributed by atoms with E-state index in [1.807, 2.05) is 46.8 Å². The van der Waals surface area contributed by atoms with Gasteiger partial charge in [-0.2, -0.15) is 4.31 Å². The van der Waals surface area contributed by atoms with Gasteiger partial charge >= 0.3 is 6.09 Å². The smallest absolute Gasteiger partial charge is 0.419 e. The molecule has 0 N–H and O–H groups in total. The molecule has 2 heterocycles. The van der Waals surface area contributed by atoms with Gasteiger partial charge in [0, 0.05) is 24.2 Å². The summed E-state index contributed by atoms with van der Waals surface area (Å²) >= 11 is 0. The molecule has 0 unspecified atom stereocenters. The van der Waals surface area contributed by atoms with Crippen molar-refractivity contribution in [2.75, 3.05) is 6.54 Å². The molecule has 1 aliphatic carbocycles. The number of carbonyl (C=O) groups excluding carboxylic acids is 1. The lowest BCUT2D eigenvalue weighted by atomic mass is 10.1. The Bertz CT molecular complexity index is 1360. The summed E-state index contributed by atoms with van der Waals surface area (Å²) in [6.07, 6.45) is 4.72. The minimum atomic E-state index is -3.74. The van der Waals surface area contributed by atoms with Gasteiger partial charge in [0.15, 0.2) is 0 Å². The summed E-state index contributed by atoms with van der Waals surface area (Å²) in [4.78, 5) is 17.8. The lowest BCUT2D eigenvalue weighted by Crippen LogP contribution is -2.37. The first-order valence-electron chi connectivity index (χ1n) is 11.9. The number of nitrogens with zero attached hydrogens (tertiary/aromatic N) is 3. The van der Waals surface area contributed by atoms with Gasteiger partial charge in [-0.15, -0.1) is 6.58 Å². The zero-order valence-electron chi connectivity index (χ0n) is 21.0. The van der Waals surface area contributed by atoms with Gasteiger partial charge in [-0.25, -0.2) is 17.8 Å². The average Bonchev–Trinajstić information content (AvgIpc) is 3.55. The van der Waals surface area contributed by atoms with Gasteiger partial charge in [0.1, 0.15) is 10.5 Å². The molecule has 35 heavy (non-hydrogen) atoms. The Hall–Kier alpha value is -2.97. The maximum atomic E-state index is 13.3. The van der Waals surface area contributed by atoms with E-state index in [9.17, 15) is 13.2 Å². The van der Waals surface area contributed by atoms with Crippen molar-refractivity contribution >= 4 is 27.0 Å². The molecule has 7 nitrogen and oxygen atoms in total. The van der Waals surface area contributed by atoms with E-state index in [4.69, 9.17) is 4.74 Å². The molecule has 0 saturated heterocycles. The molecule has 4 rings (SSSR count). The molecule has 8 heteroatoms. The molecular weight excluding hydrogens is 462 g/mol. The summed E-state index contributed by atoms with van der Waals surface area (Å²) in [5.41, 5.74) is 2.33.